The number of nitrogens with one attached hydrogen (secondary N) is 1. The molecule has 136 valence electrons. The summed E-state index contributed by atoms with van der Waals surface area (Å²) in [6, 6.07) is 3.76. The Morgan fingerprint density at radius 3 is 2.69 bits per heavy atom. The molecule has 9 nitrogen and oxygen atoms in total. The number of ether oxygens (including phenoxy) is 3. The van der Waals surface area contributed by atoms with Crippen LogP contribution in [0.25, 0.3) is 11.0 Å². The molecule has 0 saturated carbocycles. The second kappa shape index (κ2) is 7.12. The van der Waals surface area contributed by atoms with Gasteiger partial charge in [0.15, 0.2) is 11.4 Å². The van der Waals surface area contributed by atoms with Crippen LogP contribution in [0.15, 0.2) is 24.7 Å². The van der Waals surface area contributed by atoms with Gasteiger partial charge in [0.25, 0.3) is 5.88 Å². The Bertz CT molecular complexity index is 907. The number of nitrogens with zero attached hydrogens (tertiary/aromatic N) is 5. The normalized spacial score (nSPS) is 15.2. The van der Waals surface area contributed by atoms with E-state index < -0.39 is 0 Å². The topological polar surface area (TPSA) is 96.2 Å². The van der Waals surface area contributed by atoms with Crippen LogP contribution in [0.2, 0.25) is 0 Å². The maximum atomic E-state index is 5.95. The summed E-state index contributed by atoms with van der Waals surface area (Å²) in [6.07, 6.45) is 5.27. The Kier molecular flexibility index (Phi) is 4.53. The first-order valence-electron chi connectivity index (χ1n) is 8.46. The second-order valence-electron chi connectivity index (χ2n) is 5.95. The quantitative estimate of drug-likeness (QED) is 0.741. The highest BCUT2D eigenvalue weighted by molar-refractivity contribution is 5.80. The molecule has 4 rings (SSSR count). The maximum Gasteiger partial charge on any atom is 0.260 e. The van der Waals surface area contributed by atoms with Crippen LogP contribution in [-0.4, -0.2) is 52.0 Å². The third-order valence-electron chi connectivity index (χ3n) is 4.42. The number of aromatic nitrogens is 5. The molecule has 4 heterocycles. The van der Waals surface area contributed by atoms with E-state index in [1.165, 1.54) is 13.4 Å². The fourth-order valence-corrected chi connectivity index (χ4v) is 3.09. The van der Waals surface area contributed by atoms with Gasteiger partial charge < -0.3 is 19.5 Å². The van der Waals surface area contributed by atoms with Crippen LogP contribution in [0.3, 0.4) is 0 Å². The zero-order chi connectivity index (χ0) is 17.9. The van der Waals surface area contributed by atoms with Gasteiger partial charge in [-0.2, -0.15) is 10.1 Å². The van der Waals surface area contributed by atoms with Gasteiger partial charge in [-0.25, -0.2) is 14.6 Å². The van der Waals surface area contributed by atoms with Crippen molar-refractivity contribution >= 4 is 11.0 Å². The van der Waals surface area contributed by atoms with Gasteiger partial charge in [-0.15, -0.1) is 0 Å². The number of hydrogen-bond donors (Lipinski definition) is 1. The van der Waals surface area contributed by atoms with Crippen molar-refractivity contribution < 1.29 is 14.2 Å². The maximum absolute atomic E-state index is 5.95. The molecule has 0 spiro atoms. The molecule has 1 N–H and O–H groups in total. The van der Waals surface area contributed by atoms with Crippen LogP contribution in [0.4, 0.5) is 0 Å². The van der Waals surface area contributed by atoms with Crippen molar-refractivity contribution in [2.24, 2.45) is 0 Å². The lowest BCUT2D eigenvalue weighted by atomic mass is 10.1. The highest BCUT2D eigenvalue weighted by atomic mass is 16.5. The molecule has 0 atom stereocenters. The summed E-state index contributed by atoms with van der Waals surface area (Å²) in [4.78, 5) is 12.9. The molecule has 3 aromatic heterocycles. The monoisotopic (exact) mass is 356 g/mol. The molecule has 1 aliphatic heterocycles. The van der Waals surface area contributed by atoms with Gasteiger partial charge in [0, 0.05) is 6.07 Å². The van der Waals surface area contributed by atoms with E-state index in [2.05, 4.69) is 25.4 Å². The molecule has 0 aliphatic carbocycles. The minimum absolute atomic E-state index is 0.321. The fourth-order valence-electron chi connectivity index (χ4n) is 3.09. The molecular weight excluding hydrogens is 336 g/mol. The van der Waals surface area contributed by atoms with Crippen LogP contribution in [0.5, 0.6) is 23.4 Å². The summed E-state index contributed by atoms with van der Waals surface area (Å²) in [5.74, 6) is 1.63. The Labute approximate surface area is 150 Å². The lowest BCUT2D eigenvalue weighted by molar-refractivity contribution is 0.341. The molecule has 26 heavy (non-hydrogen) atoms. The third-order valence-corrected chi connectivity index (χ3v) is 4.42. The molecule has 0 aromatic carbocycles. The summed E-state index contributed by atoms with van der Waals surface area (Å²) in [5, 5.41) is 8.65. The minimum Gasteiger partial charge on any atom is -0.481 e. The summed E-state index contributed by atoms with van der Waals surface area (Å²) < 4.78 is 18.3. The first-order valence-corrected chi connectivity index (χ1v) is 8.46. The van der Waals surface area contributed by atoms with Crippen LogP contribution in [-0.2, 0) is 0 Å². The number of methoxy groups -OCH3 is 2. The van der Waals surface area contributed by atoms with Crippen molar-refractivity contribution in [1.82, 2.24) is 30.0 Å². The van der Waals surface area contributed by atoms with E-state index in [9.17, 15) is 0 Å². The van der Waals surface area contributed by atoms with Gasteiger partial charge in [0.2, 0.25) is 11.8 Å². The predicted octanol–water partition coefficient (Wildman–Crippen LogP) is 1.96. The molecule has 0 radical (unpaired) electrons. The number of rotatable bonds is 5. The van der Waals surface area contributed by atoms with E-state index in [0.29, 0.717) is 29.4 Å². The van der Waals surface area contributed by atoms with Crippen molar-refractivity contribution in [1.29, 1.82) is 0 Å². The van der Waals surface area contributed by atoms with E-state index in [1.54, 1.807) is 25.4 Å². The van der Waals surface area contributed by atoms with E-state index in [0.717, 1.165) is 37.0 Å². The van der Waals surface area contributed by atoms with Crippen LogP contribution < -0.4 is 19.5 Å². The van der Waals surface area contributed by atoms with Crippen molar-refractivity contribution in [2.45, 2.75) is 18.9 Å². The Balaban J connectivity index is 1.68. The van der Waals surface area contributed by atoms with Crippen LogP contribution in [0, 0.1) is 0 Å². The van der Waals surface area contributed by atoms with Gasteiger partial charge in [-0.3, -0.25) is 0 Å². The van der Waals surface area contributed by atoms with E-state index in [-0.39, 0.29) is 0 Å². The molecule has 0 amide bonds. The zero-order valence-corrected chi connectivity index (χ0v) is 14.7. The van der Waals surface area contributed by atoms with E-state index in [4.69, 9.17) is 14.2 Å². The zero-order valence-electron chi connectivity index (χ0n) is 14.7. The molecule has 3 aromatic rings. The number of fused-ring (bicyclic) bond motifs is 1. The smallest absolute Gasteiger partial charge is 0.260 e. The average molecular weight is 356 g/mol. The van der Waals surface area contributed by atoms with Crippen molar-refractivity contribution in [2.75, 3.05) is 27.3 Å². The van der Waals surface area contributed by atoms with Gasteiger partial charge in [0.05, 0.1) is 26.5 Å². The highest BCUT2D eigenvalue weighted by Gasteiger charge is 2.21. The van der Waals surface area contributed by atoms with E-state index >= 15 is 0 Å². The minimum atomic E-state index is 0.321. The molecule has 1 fully saturated rings. The van der Waals surface area contributed by atoms with Gasteiger partial charge in [0.1, 0.15) is 11.7 Å². The first-order chi connectivity index (χ1) is 12.8. The largest absolute Gasteiger partial charge is 0.481 e. The van der Waals surface area contributed by atoms with Crippen molar-refractivity contribution in [3.05, 3.63) is 24.7 Å². The lowest BCUT2D eigenvalue weighted by Crippen LogP contribution is -2.29. The Hall–Kier alpha value is -2.94. The number of piperidine rings is 1. The number of pyridine rings is 1. The summed E-state index contributed by atoms with van der Waals surface area (Å²) >= 11 is 0. The first kappa shape index (κ1) is 16.5. The number of hydrogen-bond acceptors (Lipinski definition) is 8. The molecule has 0 unspecified atom stereocenters. The summed E-state index contributed by atoms with van der Waals surface area (Å²) in [6.45, 7) is 1.96. The average Bonchev–Trinajstić information content (AvgIpc) is 3.14. The predicted molar refractivity (Wildman–Crippen MR) is 93.9 cm³/mol. The second-order valence-corrected chi connectivity index (χ2v) is 5.95. The Morgan fingerprint density at radius 1 is 1.08 bits per heavy atom. The third kappa shape index (κ3) is 3.01. The molecular formula is C17H20N6O3. The van der Waals surface area contributed by atoms with Crippen LogP contribution >= 0.6 is 0 Å². The standard InChI is InChI=1S/C17H20N6O3/c1-24-14-4-3-13(17(22-14)25-2)26-16-12-9-21-23(15(12)19-10-20-16)11-5-7-18-8-6-11/h3-4,9-11,18H,5-8H2,1-2H3. The molecule has 0 bridgehead atoms. The Morgan fingerprint density at radius 2 is 1.92 bits per heavy atom. The molecule has 1 aliphatic rings. The van der Waals surface area contributed by atoms with Gasteiger partial charge >= 0.3 is 0 Å². The fraction of sp³-hybridized carbons (Fsp3) is 0.412. The van der Waals surface area contributed by atoms with Gasteiger partial charge in [-0.1, -0.05) is 0 Å². The lowest BCUT2D eigenvalue weighted by Gasteiger charge is -2.23. The van der Waals surface area contributed by atoms with Gasteiger partial charge in [-0.05, 0) is 32.0 Å². The highest BCUT2D eigenvalue weighted by Crippen LogP contribution is 2.34. The SMILES string of the molecule is COc1ccc(Oc2ncnc3c2cnn3C2CCNCC2)c(OC)n1. The van der Waals surface area contributed by atoms with Crippen molar-refractivity contribution in [3.8, 4) is 23.4 Å². The molecule has 1 saturated heterocycles. The summed E-state index contributed by atoms with van der Waals surface area (Å²) in [7, 11) is 3.07. The van der Waals surface area contributed by atoms with E-state index in [1.807, 2.05) is 4.68 Å². The van der Waals surface area contributed by atoms with Crippen molar-refractivity contribution in [3.63, 3.8) is 0 Å². The molecule has 9 heteroatoms. The van der Waals surface area contributed by atoms with Crippen LogP contribution in [0.1, 0.15) is 18.9 Å². The summed E-state index contributed by atoms with van der Waals surface area (Å²) in [5.41, 5.74) is 0.766.